The largest absolute Gasteiger partial charge is 0.455 e. The van der Waals surface area contributed by atoms with Gasteiger partial charge in [0.25, 0.3) is 0 Å². The van der Waals surface area contributed by atoms with Gasteiger partial charge in [-0.1, -0.05) is 0 Å². The number of carbonyl (C=O) groups excluding carboxylic acids is 1. The number of nitrogens with two attached hydrogens (primary N) is 1. The Kier molecular flexibility index (Phi) is 2.66. The molecule has 0 saturated heterocycles. The Bertz CT molecular complexity index is 335. The summed E-state index contributed by atoms with van der Waals surface area (Å²) in [5.74, 6) is -3.27. The fourth-order valence-electron chi connectivity index (χ4n) is 4.51. The first-order chi connectivity index (χ1) is 8.42. The maximum Gasteiger partial charge on any atom is 0.378 e. The van der Waals surface area contributed by atoms with Crippen LogP contribution in [-0.2, 0) is 9.53 Å². The van der Waals surface area contributed by atoms with Crippen molar-refractivity contribution in [3.8, 4) is 0 Å². The number of ether oxygens (including phenoxy) is 1. The second-order valence-corrected chi connectivity index (χ2v) is 6.40. The van der Waals surface area contributed by atoms with Crippen molar-refractivity contribution >= 4 is 5.97 Å². The summed E-state index contributed by atoms with van der Waals surface area (Å²) in [6.45, 7) is -0.974. The van der Waals surface area contributed by atoms with Crippen molar-refractivity contribution in [2.24, 2.45) is 23.5 Å². The minimum absolute atomic E-state index is 0.565. The molecule has 0 amide bonds. The Labute approximate surface area is 105 Å². The molecule has 0 atom stereocenters. The van der Waals surface area contributed by atoms with Crippen LogP contribution in [-0.4, -0.2) is 24.0 Å². The summed E-state index contributed by atoms with van der Waals surface area (Å²) in [6.07, 6.45) is 5.86. The fraction of sp³-hybridized carbons (Fsp3) is 0.923. The number of carbonyl (C=O) groups is 1. The molecular weight excluding hydrogens is 240 g/mol. The highest BCUT2D eigenvalue weighted by molar-refractivity contribution is 5.78. The molecule has 102 valence electrons. The predicted molar refractivity (Wildman–Crippen MR) is 61.0 cm³/mol. The van der Waals surface area contributed by atoms with Gasteiger partial charge >= 0.3 is 11.9 Å². The second-order valence-electron chi connectivity index (χ2n) is 6.40. The van der Waals surface area contributed by atoms with Crippen LogP contribution in [0.2, 0.25) is 0 Å². The topological polar surface area (TPSA) is 52.3 Å². The van der Waals surface area contributed by atoms with E-state index in [4.69, 9.17) is 10.5 Å². The average Bonchev–Trinajstić information content (AvgIpc) is 2.26. The molecule has 2 N–H and O–H groups in total. The number of alkyl halides is 2. The van der Waals surface area contributed by atoms with E-state index >= 15 is 0 Å². The Balaban J connectivity index is 1.74. The molecule has 0 aromatic rings. The van der Waals surface area contributed by atoms with Gasteiger partial charge in [-0.05, 0) is 56.3 Å². The van der Waals surface area contributed by atoms with Crippen LogP contribution < -0.4 is 5.73 Å². The molecule has 4 saturated carbocycles. The molecule has 4 rings (SSSR count). The smallest absolute Gasteiger partial charge is 0.378 e. The van der Waals surface area contributed by atoms with Crippen molar-refractivity contribution in [2.75, 3.05) is 6.54 Å². The summed E-state index contributed by atoms with van der Waals surface area (Å²) in [6, 6.07) is 0. The van der Waals surface area contributed by atoms with Gasteiger partial charge in [-0.3, -0.25) is 0 Å². The molecule has 0 radical (unpaired) electrons. The van der Waals surface area contributed by atoms with E-state index in [1.807, 2.05) is 0 Å². The van der Waals surface area contributed by atoms with Gasteiger partial charge in [0, 0.05) is 0 Å². The zero-order chi connectivity index (χ0) is 13.0. The standard InChI is InChI=1S/C13H19F2NO2/c14-13(15,7-16)11(17)18-12-4-8-1-9(5-12)3-10(2-8)6-12/h8-10H,1-7,16H2. The lowest BCUT2D eigenvalue weighted by atomic mass is 9.54. The summed E-state index contributed by atoms with van der Waals surface area (Å²) in [4.78, 5) is 11.5. The Morgan fingerprint density at radius 3 is 2.00 bits per heavy atom. The molecule has 4 fully saturated rings. The van der Waals surface area contributed by atoms with E-state index in [0.29, 0.717) is 17.8 Å². The summed E-state index contributed by atoms with van der Waals surface area (Å²) in [5, 5.41) is 0. The molecule has 5 heteroatoms. The van der Waals surface area contributed by atoms with E-state index in [9.17, 15) is 13.6 Å². The zero-order valence-electron chi connectivity index (χ0n) is 10.3. The summed E-state index contributed by atoms with van der Waals surface area (Å²) >= 11 is 0. The Morgan fingerprint density at radius 2 is 1.61 bits per heavy atom. The van der Waals surface area contributed by atoms with Gasteiger partial charge in [0.05, 0.1) is 6.54 Å². The molecule has 3 nitrogen and oxygen atoms in total. The number of hydrogen-bond donors (Lipinski definition) is 1. The number of hydrogen-bond acceptors (Lipinski definition) is 3. The van der Waals surface area contributed by atoms with Crippen LogP contribution >= 0.6 is 0 Å². The molecule has 0 heterocycles. The van der Waals surface area contributed by atoms with Crippen molar-refractivity contribution in [1.29, 1.82) is 0 Å². The van der Waals surface area contributed by atoms with E-state index in [-0.39, 0.29) is 0 Å². The van der Waals surface area contributed by atoms with Gasteiger partial charge < -0.3 is 10.5 Å². The lowest BCUT2D eigenvalue weighted by Gasteiger charge is -2.55. The van der Waals surface area contributed by atoms with Gasteiger partial charge in [-0.25, -0.2) is 4.79 Å². The van der Waals surface area contributed by atoms with Crippen LogP contribution in [0.1, 0.15) is 38.5 Å². The quantitative estimate of drug-likeness (QED) is 0.790. The minimum atomic E-state index is -3.54. The maximum atomic E-state index is 13.2. The monoisotopic (exact) mass is 259 g/mol. The maximum absolute atomic E-state index is 13.2. The van der Waals surface area contributed by atoms with Gasteiger partial charge in [0.2, 0.25) is 0 Å². The van der Waals surface area contributed by atoms with Crippen LogP contribution in [0.25, 0.3) is 0 Å². The molecule has 4 aliphatic carbocycles. The normalized spacial score (nSPS) is 42.1. The zero-order valence-corrected chi connectivity index (χ0v) is 10.3. The molecule has 4 bridgehead atoms. The van der Waals surface area contributed by atoms with Gasteiger partial charge in [0.15, 0.2) is 0 Å². The SMILES string of the molecule is NCC(F)(F)C(=O)OC12CC3CC(CC(C3)C1)C2. The predicted octanol–water partition coefficient (Wildman–Crippen LogP) is 2.09. The van der Waals surface area contributed by atoms with Crippen LogP contribution in [0.15, 0.2) is 0 Å². The van der Waals surface area contributed by atoms with Crippen molar-refractivity contribution < 1.29 is 18.3 Å². The first-order valence-corrected chi connectivity index (χ1v) is 6.74. The highest BCUT2D eigenvalue weighted by Crippen LogP contribution is 2.57. The molecule has 4 aliphatic rings. The fourth-order valence-corrected chi connectivity index (χ4v) is 4.51. The van der Waals surface area contributed by atoms with Gasteiger partial charge in [-0.15, -0.1) is 0 Å². The van der Waals surface area contributed by atoms with Crippen molar-refractivity contribution in [1.82, 2.24) is 0 Å². The van der Waals surface area contributed by atoms with Crippen LogP contribution in [0.4, 0.5) is 8.78 Å². The van der Waals surface area contributed by atoms with E-state index in [0.717, 1.165) is 19.3 Å². The molecule has 0 aromatic carbocycles. The molecular formula is C13H19F2NO2. The third kappa shape index (κ3) is 1.92. The Morgan fingerprint density at radius 1 is 1.17 bits per heavy atom. The van der Waals surface area contributed by atoms with Crippen molar-refractivity contribution in [3.63, 3.8) is 0 Å². The molecule has 0 unspecified atom stereocenters. The Hall–Kier alpha value is -0.710. The summed E-state index contributed by atoms with van der Waals surface area (Å²) < 4.78 is 31.7. The van der Waals surface area contributed by atoms with Crippen LogP contribution in [0.5, 0.6) is 0 Å². The van der Waals surface area contributed by atoms with E-state index < -0.39 is 24.0 Å². The van der Waals surface area contributed by atoms with Crippen molar-refractivity contribution in [2.45, 2.75) is 50.0 Å². The average molecular weight is 259 g/mol. The minimum Gasteiger partial charge on any atom is -0.455 e. The molecule has 18 heavy (non-hydrogen) atoms. The third-order valence-electron chi connectivity index (χ3n) is 4.85. The highest BCUT2D eigenvalue weighted by Gasteiger charge is 2.55. The summed E-state index contributed by atoms with van der Waals surface area (Å²) in [5.41, 5.74) is 4.32. The first kappa shape index (κ1) is 12.3. The number of halogens is 2. The molecule has 0 aromatic heterocycles. The van der Waals surface area contributed by atoms with E-state index in [1.54, 1.807) is 0 Å². The van der Waals surface area contributed by atoms with E-state index in [2.05, 4.69) is 0 Å². The van der Waals surface area contributed by atoms with Crippen LogP contribution in [0, 0.1) is 17.8 Å². The van der Waals surface area contributed by atoms with Gasteiger partial charge in [-0.2, -0.15) is 8.78 Å². The summed E-state index contributed by atoms with van der Waals surface area (Å²) in [7, 11) is 0. The molecule has 0 aliphatic heterocycles. The number of esters is 1. The van der Waals surface area contributed by atoms with E-state index in [1.165, 1.54) is 19.3 Å². The van der Waals surface area contributed by atoms with Crippen molar-refractivity contribution in [3.05, 3.63) is 0 Å². The lowest BCUT2D eigenvalue weighted by Crippen LogP contribution is -2.55. The third-order valence-corrected chi connectivity index (χ3v) is 4.85. The van der Waals surface area contributed by atoms with Gasteiger partial charge in [0.1, 0.15) is 5.60 Å². The molecule has 0 spiro atoms. The van der Waals surface area contributed by atoms with Crippen LogP contribution in [0.3, 0.4) is 0 Å². The lowest BCUT2D eigenvalue weighted by molar-refractivity contribution is -0.208. The highest BCUT2D eigenvalue weighted by atomic mass is 19.3. The second kappa shape index (κ2) is 3.89. The first-order valence-electron chi connectivity index (χ1n) is 6.74. The number of rotatable bonds is 3.